The Balaban J connectivity index is 2.73. The molecule has 0 bridgehead atoms. The summed E-state index contributed by atoms with van der Waals surface area (Å²) in [5.41, 5.74) is 0. The van der Waals surface area contributed by atoms with Gasteiger partial charge in [0.1, 0.15) is 0 Å². The minimum absolute atomic E-state index is 0.910. The number of hydrogen-bond donors (Lipinski definition) is 0. The third kappa shape index (κ3) is 1.58. The number of ether oxygens (including phenoxy) is 2. The van der Waals surface area contributed by atoms with Crippen LogP contribution in [0.1, 0.15) is 0 Å². The highest BCUT2D eigenvalue weighted by atomic mass is 16.7. The average Bonchev–Trinajstić information content (AvgIpc) is 2.07. The Morgan fingerprint density at radius 1 is 1.36 bits per heavy atom. The summed E-state index contributed by atoms with van der Waals surface area (Å²) < 4.78 is 10.1. The Morgan fingerprint density at radius 3 is 2.36 bits per heavy atom. The molecule has 0 aromatic rings. The van der Waals surface area contributed by atoms with Crippen molar-refractivity contribution < 1.29 is 9.47 Å². The Morgan fingerprint density at radius 2 is 2.00 bits per heavy atom. The number of nitrogens with zero attached hydrogens (tertiary/aromatic N) is 2. The van der Waals surface area contributed by atoms with E-state index in [2.05, 4.69) is 4.99 Å². The van der Waals surface area contributed by atoms with Crippen molar-refractivity contribution in [3.05, 3.63) is 12.3 Å². The average molecular weight is 156 g/mol. The summed E-state index contributed by atoms with van der Waals surface area (Å²) in [6.07, 6.45) is 5.22. The molecule has 4 nitrogen and oxygen atoms in total. The van der Waals surface area contributed by atoms with Crippen molar-refractivity contribution in [2.45, 2.75) is 5.91 Å². The standard InChI is InChI=1S/C7H12N2O2/c1-9-5-4-7(10-2,11-3)8-6-9/h4-6H,1-3H3. The topological polar surface area (TPSA) is 34.1 Å². The summed E-state index contributed by atoms with van der Waals surface area (Å²) in [4.78, 5) is 5.86. The summed E-state index contributed by atoms with van der Waals surface area (Å²) in [6, 6.07) is 0. The largest absolute Gasteiger partial charge is 0.342 e. The van der Waals surface area contributed by atoms with Crippen molar-refractivity contribution >= 4 is 6.34 Å². The van der Waals surface area contributed by atoms with Crippen LogP contribution >= 0.6 is 0 Å². The highest BCUT2D eigenvalue weighted by Crippen LogP contribution is 2.17. The lowest BCUT2D eigenvalue weighted by atomic mass is 10.4. The molecule has 0 aromatic heterocycles. The third-order valence-corrected chi connectivity index (χ3v) is 1.53. The summed E-state index contributed by atoms with van der Waals surface area (Å²) in [6.45, 7) is 0. The smallest absolute Gasteiger partial charge is 0.293 e. The number of rotatable bonds is 2. The first-order valence-corrected chi connectivity index (χ1v) is 3.29. The summed E-state index contributed by atoms with van der Waals surface area (Å²) >= 11 is 0. The Kier molecular flexibility index (Phi) is 2.26. The van der Waals surface area contributed by atoms with Crippen LogP contribution in [0.2, 0.25) is 0 Å². The van der Waals surface area contributed by atoms with Crippen molar-refractivity contribution in [3.63, 3.8) is 0 Å². The van der Waals surface area contributed by atoms with E-state index in [0.717, 1.165) is 0 Å². The summed E-state index contributed by atoms with van der Waals surface area (Å²) in [5.74, 6) is -0.910. The van der Waals surface area contributed by atoms with Crippen LogP contribution in [0.15, 0.2) is 17.3 Å². The molecule has 11 heavy (non-hydrogen) atoms. The SMILES string of the molecule is COC1(OC)C=CN(C)C=N1. The van der Waals surface area contributed by atoms with Crippen molar-refractivity contribution in [1.82, 2.24) is 4.90 Å². The summed E-state index contributed by atoms with van der Waals surface area (Å²) in [5, 5.41) is 0. The molecule has 0 spiro atoms. The van der Waals surface area contributed by atoms with Crippen LogP contribution in [0.4, 0.5) is 0 Å². The molecule has 0 saturated carbocycles. The van der Waals surface area contributed by atoms with Gasteiger partial charge in [0, 0.05) is 33.5 Å². The van der Waals surface area contributed by atoms with Crippen molar-refractivity contribution in [2.24, 2.45) is 4.99 Å². The first-order valence-electron chi connectivity index (χ1n) is 3.29. The first-order chi connectivity index (χ1) is 5.22. The molecule has 0 saturated heterocycles. The van der Waals surface area contributed by atoms with E-state index in [1.165, 1.54) is 0 Å². The van der Waals surface area contributed by atoms with Gasteiger partial charge in [0.05, 0.1) is 6.34 Å². The van der Waals surface area contributed by atoms with E-state index in [1.807, 2.05) is 18.1 Å². The van der Waals surface area contributed by atoms with Gasteiger partial charge in [-0.2, -0.15) is 0 Å². The molecule has 1 aliphatic heterocycles. The molecule has 0 fully saturated rings. The quantitative estimate of drug-likeness (QED) is 0.543. The highest BCUT2D eigenvalue weighted by molar-refractivity contribution is 5.58. The van der Waals surface area contributed by atoms with Gasteiger partial charge in [-0.1, -0.05) is 0 Å². The second-order valence-electron chi connectivity index (χ2n) is 2.26. The minimum Gasteiger partial charge on any atom is -0.342 e. The van der Waals surface area contributed by atoms with E-state index in [1.54, 1.807) is 26.6 Å². The lowest BCUT2D eigenvalue weighted by molar-refractivity contribution is -0.164. The number of hydrogen-bond acceptors (Lipinski definition) is 4. The van der Waals surface area contributed by atoms with E-state index < -0.39 is 5.91 Å². The van der Waals surface area contributed by atoms with E-state index >= 15 is 0 Å². The molecule has 1 heterocycles. The molecule has 4 heteroatoms. The van der Waals surface area contributed by atoms with Gasteiger partial charge >= 0.3 is 0 Å². The molecular formula is C7H12N2O2. The van der Waals surface area contributed by atoms with Crippen LogP contribution in [0.5, 0.6) is 0 Å². The summed E-state index contributed by atoms with van der Waals surface area (Å²) in [7, 11) is 4.99. The predicted molar refractivity (Wildman–Crippen MR) is 42.1 cm³/mol. The zero-order chi connectivity index (χ0) is 8.32. The molecule has 0 aliphatic carbocycles. The fourth-order valence-electron chi connectivity index (χ4n) is 0.790. The normalized spacial score (nSPS) is 20.8. The Labute approximate surface area is 66.1 Å². The first kappa shape index (κ1) is 8.23. The molecule has 1 rings (SSSR count). The molecule has 0 N–H and O–H groups in total. The fourth-order valence-corrected chi connectivity index (χ4v) is 0.790. The molecular weight excluding hydrogens is 144 g/mol. The highest BCUT2D eigenvalue weighted by Gasteiger charge is 2.26. The van der Waals surface area contributed by atoms with Crippen LogP contribution in [0.25, 0.3) is 0 Å². The van der Waals surface area contributed by atoms with E-state index in [0.29, 0.717) is 0 Å². The number of methoxy groups -OCH3 is 2. The molecule has 62 valence electrons. The Hall–Kier alpha value is -0.870. The minimum atomic E-state index is -0.910. The maximum atomic E-state index is 5.04. The van der Waals surface area contributed by atoms with Gasteiger partial charge in [-0.3, -0.25) is 0 Å². The van der Waals surface area contributed by atoms with Crippen LogP contribution in [0.3, 0.4) is 0 Å². The molecule has 0 aromatic carbocycles. The molecule has 0 radical (unpaired) electrons. The van der Waals surface area contributed by atoms with Crippen LogP contribution in [-0.4, -0.2) is 38.4 Å². The predicted octanol–water partition coefficient (Wildman–Crippen LogP) is 0.420. The van der Waals surface area contributed by atoms with Gasteiger partial charge in [0.2, 0.25) is 0 Å². The maximum Gasteiger partial charge on any atom is 0.293 e. The second-order valence-corrected chi connectivity index (χ2v) is 2.26. The zero-order valence-corrected chi connectivity index (χ0v) is 6.94. The van der Waals surface area contributed by atoms with Crippen molar-refractivity contribution in [2.75, 3.05) is 21.3 Å². The van der Waals surface area contributed by atoms with Crippen LogP contribution < -0.4 is 0 Å². The van der Waals surface area contributed by atoms with E-state index in [-0.39, 0.29) is 0 Å². The lowest BCUT2D eigenvalue weighted by Gasteiger charge is -2.26. The van der Waals surface area contributed by atoms with Gasteiger partial charge in [-0.25, -0.2) is 4.99 Å². The monoisotopic (exact) mass is 156 g/mol. The van der Waals surface area contributed by atoms with Crippen molar-refractivity contribution in [3.8, 4) is 0 Å². The molecule has 0 atom stereocenters. The van der Waals surface area contributed by atoms with Crippen LogP contribution in [-0.2, 0) is 9.47 Å². The molecule has 0 amide bonds. The van der Waals surface area contributed by atoms with Crippen molar-refractivity contribution in [1.29, 1.82) is 0 Å². The molecule has 0 unspecified atom stereocenters. The maximum absolute atomic E-state index is 5.04. The lowest BCUT2D eigenvalue weighted by Crippen LogP contribution is -2.33. The molecule has 1 aliphatic rings. The van der Waals surface area contributed by atoms with Crippen LogP contribution in [0, 0.1) is 0 Å². The van der Waals surface area contributed by atoms with E-state index in [4.69, 9.17) is 9.47 Å². The van der Waals surface area contributed by atoms with Gasteiger partial charge in [0.15, 0.2) is 0 Å². The Bertz CT molecular complexity index is 169. The number of aliphatic imine (C=N–C) groups is 1. The third-order valence-electron chi connectivity index (χ3n) is 1.53. The second kappa shape index (κ2) is 3.02. The van der Waals surface area contributed by atoms with E-state index in [9.17, 15) is 0 Å². The van der Waals surface area contributed by atoms with Gasteiger partial charge in [-0.05, 0) is 0 Å². The zero-order valence-electron chi connectivity index (χ0n) is 6.94. The van der Waals surface area contributed by atoms with Gasteiger partial charge < -0.3 is 14.4 Å². The van der Waals surface area contributed by atoms with Gasteiger partial charge in [0.25, 0.3) is 5.91 Å². The van der Waals surface area contributed by atoms with Gasteiger partial charge in [-0.15, -0.1) is 0 Å². The fraction of sp³-hybridized carbons (Fsp3) is 0.571.